The summed E-state index contributed by atoms with van der Waals surface area (Å²) in [5.74, 6) is -1.26. The molecule has 212 valence electrons. The minimum absolute atomic E-state index is 0.0119. The third kappa shape index (κ3) is 7.38. The molecule has 0 saturated carbocycles. The lowest BCUT2D eigenvalue weighted by Gasteiger charge is -2.21. The van der Waals surface area contributed by atoms with E-state index >= 15 is 0 Å². The summed E-state index contributed by atoms with van der Waals surface area (Å²) in [5, 5.41) is 0. The molecule has 1 heterocycles. The van der Waals surface area contributed by atoms with Crippen molar-refractivity contribution in [2.75, 3.05) is 53.9 Å². The van der Waals surface area contributed by atoms with Gasteiger partial charge >= 0.3 is 5.97 Å². The van der Waals surface area contributed by atoms with E-state index in [9.17, 15) is 26.4 Å². The Balaban J connectivity index is 1.99. The van der Waals surface area contributed by atoms with E-state index in [4.69, 9.17) is 14.2 Å². The average Bonchev–Trinajstić information content (AvgIpc) is 3.23. The second kappa shape index (κ2) is 12.9. The van der Waals surface area contributed by atoms with Crippen LogP contribution in [0.5, 0.6) is 0 Å². The number of fused-ring (bicyclic) bond motifs is 1. The van der Waals surface area contributed by atoms with Crippen LogP contribution in [0.3, 0.4) is 0 Å². The summed E-state index contributed by atoms with van der Waals surface area (Å²) in [7, 11) is -3.19. The Kier molecular flexibility index (Phi) is 10.1. The molecule has 0 radical (unpaired) electrons. The first kappa shape index (κ1) is 30.6. The van der Waals surface area contributed by atoms with Crippen LogP contribution in [0.4, 0.5) is 0 Å². The van der Waals surface area contributed by atoms with Gasteiger partial charge in [-0.25, -0.2) is 16.8 Å². The zero-order chi connectivity index (χ0) is 28.8. The summed E-state index contributed by atoms with van der Waals surface area (Å²) in [6.45, 7) is 0.406. The normalized spacial score (nSPS) is 12.8. The second-order valence-electron chi connectivity index (χ2n) is 8.28. The van der Waals surface area contributed by atoms with Gasteiger partial charge in [-0.2, -0.15) is 9.30 Å². The number of aromatic nitrogens is 1. The molecule has 15 heteroatoms. The molecule has 0 saturated heterocycles. The van der Waals surface area contributed by atoms with Crippen molar-refractivity contribution in [3.63, 3.8) is 0 Å². The van der Waals surface area contributed by atoms with Gasteiger partial charge in [0.1, 0.15) is 6.54 Å². The van der Waals surface area contributed by atoms with Crippen LogP contribution in [0.1, 0.15) is 10.4 Å². The molecular formula is C24H29N3O9S3. The molecule has 1 aromatic heterocycles. The van der Waals surface area contributed by atoms with Crippen LogP contribution < -0.4 is 4.80 Å². The van der Waals surface area contributed by atoms with Gasteiger partial charge in [0.2, 0.25) is 10.0 Å². The van der Waals surface area contributed by atoms with Crippen LogP contribution in [-0.4, -0.2) is 91.5 Å². The topological polar surface area (TPSA) is 151 Å². The monoisotopic (exact) mass is 599 g/mol. The molecule has 0 unspecified atom stereocenters. The Morgan fingerprint density at radius 2 is 1.51 bits per heavy atom. The summed E-state index contributed by atoms with van der Waals surface area (Å²) in [6.07, 6.45) is 1.08. The number of methoxy groups -OCH3 is 3. The van der Waals surface area contributed by atoms with Gasteiger partial charge in [0.25, 0.3) is 5.91 Å². The van der Waals surface area contributed by atoms with Crippen LogP contribution in [0.2, 0.25) is 0 Å². The number of carbonyl (C=O) groups is 2. The fraction of sp³-hybridized carbons (Fsp3) is 0.375. The summed E-state index contributed by atoms with van der Waals surface area (Å²) < 4.78 is 68.2. The van der Waals surface area contributed by atoms with E-state index in [1.165, 1.54) is 72.7 Å². The second-order valence-corrected chi connectivity index (χ2v) is 13.2. The molecule has 0 fully saturated rings. The molecule has 0 aliphatic rings. The van der Waals surface area contributed by atoms with E-state index in [2.05, 4.69) is 4.99 Å². The zero-order valence-corrected chi connectivity index (χ0v) is 24.3. The summed E-state index contributed by atoms with van der Waals surface area (Å²) in [5.41, 5.74) is 0.617. The van der Waals surface area contributed by atoms with Gasteiger partial charge in [0.05, 0.1) is 40.3 Å². The van der Waals surface area contributed by atoms with Crippen molar-refractivity contribution in [3.05, 3.63) is 52.8 Å². The highest BCUT2D eigenvalue weighted by atomic mass is 32.2. The molecule has 3 aromatic rings. The van der Waals surface area contributed by atoms with Crippen molar-refractivity contribution in [2.45, 2.75) is 16.3 Å². The number of ether oxygens (including phenoxy) is 3. The van der Waals surface area contributed by atoms with E-state index < -0.39 is 31.7 Å². The number of esters is 1. The average molecular weight is 600 g/mol. The van der Waals surface area contributed by atoms with Gasteiger partial charge in [0, 0.05) is 39.1 Å². The molecule has 0 atom stereocenters. The SMILES string of the molecule is COCCN(CCOC)S(=O)(=O)c1ccc(C(=O)N=c2sc3cc(S(C)(=O)=O)ccc3n2CC(=O)OC)cc1. The maximum Gasteiger partial charge on any atom is 0.325 e. The first-order valence-corrected chi connectivity index (χ1v) is 15.6. The highest BCUT2D eigenvalue weighted by molar-refractivity contribution is 7.90. The Hall–Kier alpha value is -2.95. The van der Waals surface area contributed by atoms with Gasteiger partial charge in [-0.15, -0.1) is 0 Å². The molecule has 1 amide bonds. The number of hydrogen-bond donors (Lipinski definition) is 0. The van der Waals surface area contributed by atoms with Crippen LogP contribution in [-0.2, 0) is 45.4 Å². The molecule has 0 N–H and O–H groups in total. The smallest absolute Gasteiger partial charge is 0.325 e. The maximum atomic E-state index is 13.1. The molecule has 0 spiro atoms. The lowest BCUT2D eigenvalue weighted by molar-refractivity contribution is -0.141. The molecule has 39 heavy (non-hydrogen) atoms. The first-order chi connectivity index (χ1) is 18.4. The predicted octanol–water partition coefficient (Wildman–Crippen LogP) is 1.30. The van der Waals surface area contributed by atoms with Crippen LogP contribution in [0, 0.1) is 0 Å². The number of thiazole rings is 1. The standard InChI is InChI=1S/C24H29N3O9S3/c1-34-13-11-26(12-14-35-2)39(32,33)18-7-5-17(6-8-18)23(29)25-24-27(16-22(28)36-3)20-10-9-19(38(4,30)31)15-21(20)37-24/h5-10,15H,11-14,16H2,1-4H3. The Morgan fingerprint density at radius 1 is 0.923 bits per heavy atom. The van der Waals surface area contributed by atoms with Crippen molar-refractivity contribution in [2.24, 2.45) is 4.99 Å². The largest absolute Gasteiger partial charge is 0.468 e. The molecule has 0 aliphatic carbocycles. The maximum absolute atomic E-state index is 13.1. The van der Waals surface area contributed by atoms with Crippen LogP contribution in [0.25, 0.3) is 10.2 Å². The molecule has 2 aromatic carbocycles. The minimum Gasteiger partial charge on any atom is -0.468 e. The summed E-state index contributed by atoms with van der Waals surface area (Å²) in [4.78, 5) is 29.4. The third-order valence-corrected chi connectivity index (χ3v) is 9.69. The van der Waals surface area contributed by atoms with Crippen molar-refractivity contribution < 1.29 is 40.6 Å². The van der Waals surface area contributed by atoms with E-state index in [0.29, 0.717) is 10.2 Å². The molecule has 0 aliphatic heterocycles. The number of amides is 1. The molecule has 0 bridgehead atoms. The molecule has 12 nitrogen and oxygen atoms in total. The van der Waals surface area contributed by atoms with Gasteiger partial charge in [-0.05, 0) is 42.5 Å². The van der Waals surface area contributed by atoms with Gasteiger partial charge in [0.15, 0.2) is 14.6 Å². The third-order valence-electron chi connectivity index (χ3n) is 5.62. The molecular weight excluding hydrogens is 570 g/mol. The number of sulfonamides is 1. The minimum atomic E-state index is -3.87. The molecule has 3 rings (SSSR count). The number of sulfone groups is 1. The Labute approximate surface area is 230 Å². The van der Waals surface area contributed by atoms with Crippen LogP contribution >= 0.6 is 11.3 Å². The number of benzene rings is 2. The van der Waals surface area contributed by atoms with E-state index in [1.807, 2.05) is 0 Å². The number of rotatable bonds is 12. The predicted molar refractivity (Wildman–Crippen MR) is 144 cm³/mol. The van der Waals surface area contributed by atoms with Crippen molar-refractivity contribution in [3.8, 4) is 0 Å². The summed E-state index contributed by atoms with van der Waals surface area (Å²) in [6, 6.07) is 9.73. The zero-order valence-electron chi connectivity index (χ0n) is 21.8. The van der Waals surface area contributed by atoms with Gasteiger partial charge < -0.3 is 18.8 Å². The van der Waals surface area contributed by atoms with E-state index in [1.54, 1.807) is 0 Å². The Morgan fingerprint density at radius 3 is 2.05 bits per heavy atom. The fourth-order valence-corrected chi connectivity index (χ4v) is 6.72. The van der Waals surface area contributed by atoms with Gasteiger partial charge in [-0.1, -0.05) is 11.3 Å². The van der Waals surface area contributed by atoms with Crippen LogP contribution in [0.15, 0.2) is 57.2 Å². The Bertz CT molecular complexity index is 1620. The van der Waals surface area contributed by atoms with Crippen molar-refractivity contribution in [1.82, 2.24) is 8.87 Å². The van der Waals surface area contributed by atoms with Crippen molar-refractivity contribution >= 4 is 53.3 Å². The first-order valence-electron chi connectivity index (χ1n) is 11.5. The van der Waals surface area contributed by atoms with Gasteiger partial charge in [-0.3, -0.25) is 9.59 Å². The number of hydrogen-bond acceptors (Lipinski definition) is 10. The quantitative estimate of drug-likeness (QED) is 0.281. The lowest BCUT2D eigenvalue weighted by Crippen LogP contribution is -2.36. The van der Waals surface area contributed by atoms with E-state index in [0.717, 1.165) is 17.6 Å². The number of carbonyl (C=O) groups excluding carboxylic acids is 2. The lowest BCUT2D eigenvalue weighted by atomic mass is 10.2. The summed E-state index contributed by atoms with van der Waals surface area (Å²) >= 11 is 1.03. The van der Waals surface area contributed by atoms with Crippen molar-refractivity contribution in [1.29, 1.82) is 0 Å². The fourth-order valence-electron chi connectivity index (χ4n) is 3.52. The van der Waals surface area contributed by atoms with E-state index in [-0.39, 0.29) is 53.0 Å². The number of nitrogens with zero attached hydrogens (tertiary/aromatic N) is 3. The highest BCUT2D eigenvalue weighted by Crippen LogP contribution is 2.22. The highest BCUT2D eigenvalue weighted by Gasteiger charge is 2.24.